The molecule has 1 aromatic heterocycles. The molecule has 1 aliphatic carbocycles. The maximum absolute atomic E-state index is 9.20. The topological polar surface area (TPSA) is 81.2 Å². The van der Waals surface area contributed by atoms with Crippen LogP contribution in [-0.2, 0) is 0 Å². The fourth-order valence-corrected chi connectivity index (χ4v) is 6.69. The first kappa shape index (κ1) is 23.8. The quantitative estimate of drug-likeness (QED) is 0.497. The SMILES string of the molecule is N#Cc1ccc(N2CCC3C(CNC4CCCCC4CN3c3cc(-c4ccc(N)cc4)ccn3)C2)cc1. The van der Waals surface area contributed by atoms with E-state index in [2.05, 4.69) is 57.6 Å². The highest BCUT2D eigenvalue weighted by Gasteiger charge is 2.39. The minimum atomic E-state index is 0.444. The van der Waals surface area contributed by atoms with E-state index in [1.807, 2.05) is 30.5 Å². The lowest BCUT2D eigenvalue weighted by molar-refractivity contribution is 0.202. The second-order valence-corrected chi connectivity index (χ2v) is 11.0. The van der Waals surface area contributed by atoms with Gasteiger partial charge in [0, 0.05) is 61.8 Å². The fraction of sp³-hybridized carbons (Fsp3) is 0.419. The Bertz CT molecular complexity index is 1250. The number of hydrogen-bond donors (Lipinski definition) is 2. The number of nitriles is 1. The molecule has 0 spiro atoms. The van der Waals surface area contributed by atoms with Gasteiger partial charge in [-0.1, -0.05) is 25.0 Å². The Morgan fingerprint density at radius 3 is 2.51 bits per heavy atom. The number of hydrogen-bond acceptors (Lipinski definition) is 6. The van der Waals surface area contributed by atoms with Crippen LogP contribution in [0, 0.1) is 23.2 Å². The van der Waals surface area contributed by atoms with Gasteiger partial charge in [-0.25, -0.2) is 4.98 Å². The summed E-state index contributed by atoms with van der Waals surface area (Å²) in [6.45, 7) is 4.12. The van der Waals surface area contributed by atoms with Crippen molar-refractivity contribution in [2.75, 3.05) is 41.7 Å². The molecule has 4 atom stereocenters. The lowest BCUT2D eigenvalue weighted by atomic mass is 9.80. The van der Waals surface area contributed by atoms with Crippen molar-refractivity contribution in [3.8, 4) is 17.2 Å². The number of rotatable bonds is 3. The normalized spacial score (nSPS) is 25.8. The molecule has 3 N–H and O–H groups in total. The molecule has 190 valence electrons. The van der Waals surface area contributed by atoms with Crippen LogP contribution in [0.3, 0.4) is 0 Å². The van der Waals surface area contributed by atoms with E-state index in [9.17, 15) is 5.26 Å². The zero-order valence-corrected chi connectivity index (χ0v) is 21.4. The highest BCUT2D eigenvalue weighted by atomic mass is 15.3. The molecule has 0 amide bonds. The van der Waals surface area contributed by atoms with Gasteiger partial charge in [-0.15, -0.1) is 0 Å². The van der Waals surface area contributed by atoms with Crippen molar-refractivity contribution >= 4 is 17.2 Å². The summed E-state index contributed by atoms with van der Waals surface area (Å²) in [5.41, 5.74) is 11.0. The first-order valence-electron chi connectivity index (χ1n) is 13.7. The van der Waals surface area contributed by atoms with Gasteiger partial charge in [-0.3, -0.25) is 0 Å². The Morgan fingerprint density at radius 2 is 1.70 bits per heavy atom. The Labute approximate surface area is 220 Å². The van der Waals surface area contributed by atoms with Crippen molar-refractivity contribution in [2.45, 2.75) is 44.2 Å². The molecule has 3 aromatic rings. The molecule has 6 rings (SSSR count). The van der Waals surface area contributed by atoms with E-state index in [1.54, 1.807) is 0 Å². The van der Waals surface area contributed by atoms with E-state index in [4.69, 9.17) is 10.7 Å². The van der Waals surface area contributed by atoms with Gasteiger partial charge < -0.3 is 20.9 Å². The molecule has 3 aliphatic rings. The average molecular weight is 493 g/mol. The van der Waals surface area contributed by atoms with Gasteiger partial charge in [-0.2, -0.15) is 5.26 Å². The second-order valence-electron chi connectivity index (χ2n) is 11.0. The largest absolute Gasteiger partial charge is 0.399 e. The second kappa shape index (κ2) is 10.4. The average Bonchev–Trinajstić information content (AvgIpc) is 2.94. The number of piperidine rings is 1. The smallest absolute Gasteiger partial charge is 0.129 e. The number of nitrogens with two attached hydrogens (primary N) is 1. The standard InChI is InChI=1S/C31H36N6/c32-18-22-5-11-28(12-6-22)36-16-14-30-26(20-36)19-35-29-4-2-1-3-25(29)21-37(30)31-17-24(13-15-34-31)23-7-9-27(33)10-8-23/h5-13,15,17,25-26,29-30,35H,1-4,14,16,19-21,33H2. The molecule has 6 heteroatoms. The van der Waals surface area contributed by atoms with E-state index in [-0.39, 0.29) is 0 Å². The molecule has 0 radical (unpaired) electrons. The lowest BCUT2D eigenvalue weighted by Crippen LogP contribution is -2.60. The number of benzene rings is 2. The maximum atomic E-state index is 9.20. The van der Waals surface area contributed by atoms with Crippen LogP contribution in [-0.4, -0.2) is 43.2 Å². The Balaban J connectivity index is 1.31. The van der Waals surface area contributed by atoms with E-state index in [0.29, 0.717) is 29.5 Å². The summed E-state index contributed by atoms with van der Waals surface area (Å²) < 4.78 is 0. The third kappa shape index (κ3) is 5.01. The highest BCUT2D eigenvalue weighted by Crippen LogP contribution is 2.36. The van der Waals surface area contributed by atoms with Crippen molar-refractivity contribution in [3.63, 3.8) is 0 Å². The molecular weight excluding hydrogens is 456 g/mol. The molecule has 3 heterocycles. The van der Waals surface area contributed by atoms with Crippen LogP contribution in [0.4, 0.5) is 17.2 Å². The van der Waals surface area contributed by atoms with Gasteiger partial charge in [0.05, 0.1) is 11.6 Å². The number of nitrogens with zero attached hydrogens (tertiary/aromatic N) is 4. The lowest BCUT2D eigenvalue weighted by Gasteiger charge is -2.50. The predicted octanol–water partition coefficient (Wildman–Crippen LogP) is 5.07. The van der Waals surface area contributed by atoms with Gasteiger partial charge in [0.25, 0.3) is 0 Å². The van der Waals surface area contributed by atoms with Crippen LogP contribution in [0.15, 0.2) is 66.9 Å². The summed E-state index contributed by atoms with van der Waals surface area (Å²) in [7, 11) is 0. The summed E-state index contributed by atoms with van der Waals surface area (Å²) in [5.74, 6) is 2.25. The summed E-state index contributed by atoms with van der Waals surface area (Å²) in [6, 6.07) is 23.9. The molecule has 2 aromatic carbocycles. The van der Waals surface area contributed by atoms with Crippen LogP contribution < -0.4 is 20.9 Å². The molecule has 2 aliphatic heterocycles. The number of aromatic nitrogens is 1. The van der Waals surface area contributed by atoms with Crippen molar-refractivity contribution < 1.29 is 0 Å². The number of fused-ring (bicyclic) bond motifs is 2. The third-order valence-corrected chi connectivity index (χ3v) is 8.72. The molecule has 1 saturated carbocycles. The van der Waals surface area contributed by atoms with E-state index in [1.165, 1.54) is 42.5 Å². The first-order valence-corrected chi connectivity index (χ1v) is 13.7. The van der Waals surface area contributed by atoms with Crippen molar-refractivity contribution in [1.82, 2.24) is 10.3 Å². The molecule has 4 unspecified atom stereocenters. The first-order chi connectivity index (χ1) is 18.2. The summed E-state index contributed by atoms with van der Waals surface area (Å²) >= 11 is 0. The van der Waals surface area contributed by atoms with Crippen LogP contribution in [0.1, 0.15) is 37.7 Å². The van der Waals surface area contributed by atoms with Crippen molar-refractivity contribution in [3.05, 3.63) is 72.4 Å². The zero-order valence-electron chi connectivity index (χ0n) is 21.4. The van der Waals surface area contributed by atoms with Gasteiger partial charge in [0.2, 0.25) is 0 Å². The minimum absolute atomic E-state index is 0.444. The van der Waals surface area contributed by atoms with Crippen LogP contribution in [0.5, 0.6) is 0 Å². The summed E-state index contributed by atoms with van der Waals surface area (Å²) in [4.78, 5) is 10.1. The monoisotopic (exact) mass is 492 g/mol. The zero-order chi connectivity index (χ0) is 25.2. The number of pyridine rings is 1. The van der Waals surface area contributed by atoms with Crippen molar-refractivity contribution in [1.29, 1.82) is 5.26 Å². The summed E-state index contributed by atoms with van der Waals surface area (Å²) in [5, 5.41) is 13.2. The minimum Gasteiger partial charge on any atom is -0.399 e. The highest BCUT2D eigenvalue weighted by molar-refractivity contribution is 5.68. The number of anilines is 3. The van der Waals surface area contributed by atoms with Crippen LogP contribution >= 0.6 is 0 Å². The number of nitrogen functional groups attached to an aromatic ring is 1. The van der Waals surface area contributed by atoms with Gasteiger partial charge >= 0.3 is 0 Å². The Morgan fingerprint density at radius 1 is 0.892 bits per heavy atom. The molecule has 0 bridgehead atoms. The van der Waals surface area contributed by atoms with E-state index in [0.717, 1.165) is 44.1 Å². The van der Waals surface area contributed by atoms with Gasteiger partial charge in [0.15, 0.2) is 0 Å². The van der Waals surface area contributed by atoms with Gasteiger partial charge in [0.1, 0.15) is 5.82 Å². The van der Waals surface area contributed by atoms with E-state index < -0.39 is 0 Å². The Hall–Kier alpha value is -3.56. The number of nitrogens with one attached hydrogen (secondary N) is 1. The molecule has 37 heavy (non-hydrogen) atoms. The molecule has 6 nitrogen and oxygen atoms in total. The van der Waals surface area contributed by atoms with Gasteiger partial charge in [-0.05, 0) is 84.8 Å². The van der Waals surface area contributed by atoms with E-state index >= 15 is 0 Å². The fourth-order valence-electron chi connectivity index (χ4n) is 6.69. The van der Waals surface area contributed by atoms with Crippen LogP contribution in [0.25, 0.3) is 11.1 Å². The molecule has 3 fully saturated rings. The predicted molar refractivity (Wildman–Crippen MR) is 150 cm³/mol. The molecular formula is C31H36N6. The third-order valence-electron chi connectivity index (χ3n) is 8.72. The Kier molecular flexibility index (Phi) is 6.72. The maximum Gasteiger partial charge on any atom is 0.129 e. The van der Waals surface area contributed by atoms with Crippen LogP contribution in [0.2, 0.25) is 0 Å². The summed E-state index contributed by atoms with van der Waals surface area (Å²) in [6.07, 6.45) is 8.28. The van der Waals surface area contributed by atoms with Crippen molar-refractivity contribution in [2.24, 2.45) is 11.8 Å². The molecule has 2 saturated heterocycles.